The molecule has 0 unspecified atom stereocenters. The number of benzene rings is 2. The molecule has 0 aliphatic carbocycles. The lowest BCUT2D eigenvalue weighted by molar-refractivity contribution is -0.136. The van der Waals surface area contributed by atoms with Crippen LogP contribution < -0.4 is 66.3 Å². The van der Waals surface area contributed by atoms with Crippen molar-refractivity contribution in [2.75, 3.05) is 19.6 Å². The van der Waals surface area contributed by atoms with Gasteiger partial charge in [0.1, 0.15) is 30.0 Å². The zero-order chi connectivity index (χ0) is 57.5. The Kier molecular flexibility index (Phi) is 24.6. The molecule has 0 bridgehead atoms. The van der Waals surface area contributed by atoms with Gasteiger partial charge in [-0.2, -0.15) is 0 Å². The maximum absolute atomic E-state index is 14.7. The lowest BCUT2D eigenvalue weighted by Gasteiger charge is -2.27. The number of Topliss-reactive ketones (excluding diaryl/α,β-unsaturated/α-hetero) is 2. The fraction of sp³-hybridized carbons (Fsp3) is 0.490. The number of para-hydroxylation sites is 1. The molecule has 3 aromatic rings. The predicted molar refractivity (Wildman–Crippen MR) is 283 cm³/mol. The Labute approximate surface area is 448 Å². The van der Waals surface area contributed by atoms with Gasteiger partial charge in [0.25, 0.3) is 0 Å². The van der Waals surface area contributed by atoms with Crippen molar-refractivity contribution in [1.82, 2.24) is 36.9 Å². The number of halogens is 2. The molecule has 1 fully saturated rings. The van der Waals surface area contributed by atoms with E-state index in [1.54, 1.807) is 18.3 Å². The van der Waals surface area contributed by atoms with Crippen LogP contribution in [0.5, 0.6) is 0 Å². The van der Waals surface area contributed by atoms with Gasteiger partial charge in [-0.25, -0.2) is 8.78 Å². The molecule has 78 heavy (non-hydrogen) atoms. The topological polar surface area (TPSA) is 440 Å². The van der Waals surface area contributed by atoms with Gasteiger partial charge in [-0.05, 0) is 93.5 Å². The second-order valence-electron chi connectivity index (χ2n) is 19.1. The molecule has 27 heteroatoms. The quantitative estimate of drug-likeness (QED) is 0.0365. The Morgan fingerprint density at radius 3 is 2.08 bits per heavy atom. The van der Waals surface area contributed by atoms with Crippen LogP contribution in [0.1, 0.15) is 95.1 Å². The zero-order valence-electron chi connectivity index (χ0n) is 43.4. The zero-order valence-corrected chi connectivity index (χ0v) is 43.4. The monoisotopic (exact) mass is 1090 g/mol. The van der Waals surface area contributed by atoms with Gasteiger partial charge in [0.05, 0.1) is 12.5 Å². The normalized spacial score (nSPS) is 20.9. The summed E-state index contributed by atoms with van der Waals surface area (Å²) >= 11 is 0. The molecule has 1 aromatic heterocycles. The fourth-order valence-corrected chi connectivity index (χ4v) is 8.82. The van der Waals surface area contributed by atoms with E-state index in [0.717, 1.165) is 36.0 Å². The number of guanidine groups is 2. The van der Waals surface area contributed by atoms with E-state index in [4.69, 9.17) is 34.4 Å². The van der Waals surface area contributed by atoms with Crippen molar-refractivity contribution >= 4 is 81.6 Å². The van der Waals surface area contributed by atoms with Crippen molar-refractivity contribution in [3.05, 3.63) is 71.4 Å². The van der Waals surface area contributed by atoms with Gasteiger partial charge in [0.15, 0.2) is 29.3 Å². The lowest BCUT2D eigenvalue weighted by Crippen LogP contribution is -2.58. The third kappa shape index (κ3) is 20.9. The first-order valence-electron chi connectivity index (χ1n) is 25.5. The number of aliphatic imine (C=N–C) groups is 2. The van der Waals surface area contributed by atoms with Crippen molar-refractivity contribution in [1.29, 1.82) is 0 Å². The summed E-state index contributed by atoms with van der Waals surface area (Å²) in [4.78, 5) is 148. The van der Waals surface area contributed by atoms with Gasteiger partial charge >= 0.3 is 0 Å². The summed E-state index contributed by atoms with van der Waals surface area (Å²) in [5.74, 6) is -13.8. The Morgan fingerprint density at radius 2 is 1.41 bits per heavy atom. The summed E-state index contributed by atoms with van der Waals surface area (Å²) in [6.07, 6.45) is -1.02. The maximum atomic E-state index is 14.7. The second kappa shape index (κ2) is 30.9. The number of hydrogen-bond acceptors (Lipinski definition) is 12. The highest BCUT2D eigenvalue weighted by atomic mass is 19.2. The van der Waals surface area contributed by atoms with Gasteiger partial charge in [-0.1, -0.05) is 24.3 Å². The molecule has 1 aliphatic heterocycles. The van der Waals surface area contributed by atoms with Crippen LogP contribution in [0.15, 0.2) is 58.6 Å². The Hall–Kier alpha value is -8.52. The molecule has 2 heterocycles. The number of carbonyl (C=O) groups is 10. The Bertz CT molecular complexity index is 2710. The number of nitrogens with two attached hydrogens (primary N) is 6. The average Bonchev–Trinajstić information content (AvgIpc) is 3.79. The number of H-pyrrole nitrogens is 1. The minimum atomic E-state index is -1.77. The van der Waals surface area contributed by atoms with Crippen LogP contribution in [0, 0.1) is 23.5 Å². The van der Waals surface area contributed by atoms with Gasteiger partial charge in [-0.3, -0.25) is 57.9 Å². The summed E-state index contributed by atoms with van der Waals surface area (Å²) in [5.41, 5.74) is 34.6. The molecular weight excluding hydrogens is 1020 g/mol. The minimum Gasteiger partial charge on any atom is -0.370 e. The molecule has 1 saturated heterocycles. The Morgan fingerprint density at radius 1 is 0.731 bits per heavy atom. The summed E-state index contributed by atoms with van der Waals surface area (Å²) in [6, 6.07) is 2.33. The van der Waals surface area contributed by atoms with Crippen molar-refractivity contribution < 1.29 is 56.7 Å². The highest BCUT2D eigenvalue weighted by Gasteiger charge is 2.36. The van der Waals surface area contributed by atoms with E-state index in [1.807, 2.05) is 12.1 Å². The van der Waals surface area contributed by atoms with Crippen LogP contribution in [-0.2, 0) is 60.8 Å². The number of hydrogen-bond donors (Lipinski definition) is 13. The number of amides is 8. The largest absolute Gasteiger partial charge is 0.370 e. The number of ketones is 2. The molecule has 1 aliphatic rings. The van der Waals surface area contributed by atoms with E-state index in [9.17, 15) is 56.7 Å². The molecule has 0 spiro atoms. The number of aromatic amines is 1. The second-order valence-corrected chi connectivity index (χ2v) is 19.1. The molecule has 8 amide bonds. The molecule has 424 valence electrons. The van der Waals surface area contributed by atoms with Crippen molar-refractivity contribution in [2.24, 2.45) is 56.2 Å². The molecule has 2 aromatic carbocycles. The highest BCUT2D eigenvalue weighted by molar-refractivity contribution is 5.99. The van der Waals surface area contributed by atoms with Crippen LogP contribution in [0.25, 0.3) is 10.9 Å². The van der Waals surface area contributed by atoms with Crippen LogP contribution in [-0.4, -0.2) is 126 Å². The highest BCUT2D eigenvalue weighted by Crippen LogP contribution is 2.26. The predicted octanol–water partition coefficient (Wildman–Crippen LogP) is -1.63. The van der Waals surface area contributed by atoms with Crippen LogP contribution in [0.4, 0.5) is 8.78 Å². The summed E-state index contributed by atoms with van der Waals surface area (Å²) in [5, 5.41) is 16.0. The summed E-state index contributed by atoms with van der Waals surface area (Å²) in [6.45, 7) is 1.18. The number of aromatic nitrogens is 1. The van der Waals surface area contributed by atoms with E-state index < -0.39 is 151 Å². The SMILES string of the molecule is CC(=O)N[C@H](CCCN=C(N)N)C(=O)N[C@H]1CC(=O)NCCCC[C@@H](C(N)=O)NC(=O)[C@H](Cc2c[nH]c3ccccc23)CC(=O)[C@H](CCCN=C(N)N)CC(=O)[C@@H](Cc2ccc(F)c(F)c2)NC(=O)[C@H](CCC(N)=O)NC1=O. The molecule has 7 atom stereocenters. The fourth-order valence-electron chi connectivity index (χ4n) is 8.82. The average molecular weight is 1090 g/mol. The van der Waals surface area contributed by atoms with Gasteiger partial charge in [-0.15, -0.1) is 0 Å². The third-order valence-electron chi connectivity index (χ3n) is 12.9. The van der Waals surface area contributed by atoms with E-state index in [2.05, 4.69) is 46.9 Å². The lowest BCUT2D eigenvalue weighted by atomic mass is 9.83. The summed E-state index contributed by atoms with van der Waals surface area (Å²) in [7, 11) is 0. The minimum absolute atomic E-state index is 0.00547. The number of carbonyl (C=O) groups excluding carboxylic acids is 10. The number of nitrogens with zero attached hydrogens (tertiary/aromatic N) is 2. The molecule has 25 nitrogen and oxygen atoms in total. The van der Waals surface area contributed by atoms with E-state index >= 15 is 0 Å². The van der Waals surface area contributed by atoms with Crippen molar-refractivity contribution in [3.8, 4) is 0 Å². The number of primary amides is 2. The van der Waals surface area contributed by atoms with Gasteiger partial charge in [0, 0.05) is 74.8 Å². The van der Waals surface area contributed by atoms with Gasteiger partial charge in [0.2, 0.25) is 47.3 Å². The van der Waals surface area contributed by atoms with Crippen LogP contribution in [0.2, 0.25) is 0 Å². The molecular formula is C51H71F2N15O10. The van der Waals surface area contributed by atoms with E-state index in [0.29, 0.717) is 5.56 Å². The number of nitrogens with one attached hydrogen (secondary N) is 7. The van der Waals surface area contributed by atoms with Gasteiger partial charge < -0.3 is 71.3 Å². The van der Waals surface area contributed by atoms with E-state index in [-0.39, 0.29) is 88.5 Å². The number of rotatable bonds is 19. The smallest absolute Gasteiger partial charge is 0.243 e. The molecule has 19 N–H and O–H groups in total. The van der Waals surface area contributed by atoms with Crippen LogP contribution in [0.3, 0.4) is 0 Å². The van der Waals surface area contributed by atoms with E-state index in [1.165, 1.54) is 0 Å². The third-order valence-corrected chi connectivity index (χ3v) is 12.9. The first-order chi connectivity index (χ1) is 37.0. The maximum Gasteiger partial charge on any atom is 0.243 e. The van der Waals surface area contributed by atoms with Crippen molar-refractivity contribution in [3.63, 3.8) is 0 Å². The summed E-state index contributed by atoms with van der Waals surface area (Å²) < 4.78 is 28.9. The number of fused-ring (bicyclic) bond motifs is 1. The standard InChI is InChI=1S/C51H71F2N15O10/c1-27(69)64-37(12-7-19-62-51(58)59)47(76)68-40-25-44(73)60-17-5-4-11-36(45(55)74)65-46(75)30(22-31-26-63-35-10-3-2-9-32(31)35)24-41(70)29(8-6-18-61-50(56)57)23-42(71)39(21-28-13-14-33(52)34(53)20-28)67-48(77)38(66-49(40)78)15-16-43(54)72/h2-3,9-10,13-14,20,26,29-30,36-40,63H,4-8,11-12,15-19,21-25H2,1H3,(H2,54,72)(H2,55,74)(H,60,73)(H,64,69)(H,65,75)(H,66,78)(H,67,77)(H,68,76)(H4,56,57,61)(H4,58,59,62)/t29-,30-,36+,37-,38+,39-,40+/m1/s1. The Balaban J connectivity index is 1.82. The first kappa shape index (κ1) is 62.0. The molecule has 0 radical (unpaired) electrons. The van der Waals surface area contributed by atoms with Crippen LogP contribution >= 0.6 is 0 Å². The van der Waals surface area contributed by atoms with Crippen molar-refractivity contribution in [2.45, 2.75) is 127 Å². The molecule has 0 saturated carbocycles. The molecule has 4 rings (SSSR count). The first-order valence-corrected chi connectivity index (χ1v) is 25.5.